The van der Waals surface area contributed by atoms with Crippen molar-refractivity contribution in [2.45, 2.75) is 90.1 Å². The molecule has 0 bridgehead atoms. The maximum Gasteiger partial charge on any atom is 0.303 e. The van der Waals surface area contributed by atoms with Crippen molar-refractivity contribution >= 4 is 35.4 Å². The summed E-state index contributed by atoms with van der Waals surface area (Å²) in [7, 11) is 0. The minimum atomic E-state index is -1.08. The second kappa shape index (κ2) is 23.5. The number of aryl methyl sites for hydroxylation is 2. The maximum absolute atomic E-state index is 14.8. The highest BCUT2D eigenvalue weighted by Crippen LogP contribution is 2.40. The molecule has 24 heteroatoms. The van der Waals surface area contributed by atoms with Crippen LogP contribution in [0.5, 0.6) is 0 Å². The summed E-state index contributed by atoms with van der Waals surface area (Å²) >= 11 is 0. The van der Waals surface area contributed by atoms with Crippen LogP contribution < -0.4 is 10.6 Å². The highest BCUT2D eigenvalue weighted by molar-refractivity contribution is 6.05. The molecule has 0 unspecified atom stereocenters. The van der Waals surface area contributed by atoms with Crippen LogP contribution in [0.3, 0.4) is 0 Å². The number of amides is 2. The van der Waals surface area contributed by atoms with E-state index in [4.69, 9.17) is 10.2 Å². The molecule has 2 fully saturated rings. The third-order valence-corrected chi connectivity index (χ3v) is 12.3. The summed E-state index contributed by atoms with van der Waals surface area (Å²) in [6, 6.07) is 14.7. The zero-order valence-electron chi connectivity index (χ0n) is 41.6. The van der Waals surface area contributed by atoms with Gasteiger partial charge >= 0.3 is 11.9 Å². The van der Waals surface area contributed by atoms with Gasteiger partial charge in [0.2, 0.25) is 0 Å². The van der Waals surface area contributed by atoms with Crippen molar-refractivity contribution in [2.75, 3.05) is 24.0 Å². The van der Waals surface area contributed by atoms with E-state index >= 15 is 0 Å². The lowest BCUT2D eigenvalue weighted by Crippen LogP contribution is -2.16. The number of hydrogen-bond donors (Lipinski definition) is 4. The molecule has 2 saturated carbocycles. The highest BCUT2D eigenvalue weighted by atomic mass is 19.1. The van der Waals surface area contributed by atoms with Crippen LogP contribution in [-0.2, 0) is 9.59 Å². The van der Waals surface area contributed by atoms with Crippen molar-refractivity contribution in [3.63, 3.8) is 0 Å². The summed E-state index contributed by atoms with van der Waals surface area (Å²) in [6.45, 7) is 5.80. The lowest BCUT2D eigenvalue weighted by atomic mass is 10.1. The van der Waals surface area contributed by atoms with Gasteiger partial charge in [0.15, 0.2) is 11.6 Å². The van der Waals surface area contributed by atoms with Gasteiger partial charge in [-0.2, -0.15) is 0 Å². The fourth-order valence-electron chi connectivity index (χ4n) is 7.83. The molecule has 76 heavy (non-hydrogen) atoms. The largest absolute Gasteiger partial charge is 0.481 e. The number of hydrogen-bond acceptors (Lipinski definition) is 12. The van der Waals surface area contributed by atoms with Gasteiger partial charge in [-0.3, -0.25) is 19.2 Å². The predicted molar refractivity (Wildman–Crippen MR) is 269 cm³/mol. The van der Waals surface area contributed by atoms with E-state index in [9.17, 15) is 36.7 Å². The molecular weight excluding hydrogens is 993 g/mol. The summed E-state index contributed by atoms with van der Waals surface area (Å²) in [5.74, 6) is -2.54. The number of carbonyl (C=O) groups is 4. The number of benzene rings is 2. The van der Waals surface area contributed by atoms with E-state index < -0.39 is 60.8 Å². The molecule has 8 aromatic rings. The second-order valence-electron chi connectivity index (χ2n) is 18.3. The number of nitrogens with one attached hydrogen (secondary N) is 2. The highest BCUT2D eigenvalue weighted by Gasteiger charge is 2.28. The zero-order valence-corrected chi connectivity index (χ0v) is 41.6. The molecule has 0 radical (unpaired) electrons. The van der Waals surface area contributed by atoms with Gasteiger partial charge in [0.1, 0.15) is 60.7 Å². The first-order valence-electron chi connectivity index (χ1n) is 24.1. The third-order valence-electron chi connectivity index (χ3n) is 12.3. The predicted octanol–water partition coefficient (Wildman–Crippen LogP) is 9.20. The smallest absolute Gasteiger partial charge is 0.303 e. The number of pyridine rings is 2. The van der Waals surface area contributed by atoms with E-state index in [0.717, 1.165) is 37.1 Å². The van der Waals surface area contributed by atoms with Gasteiger partial charge in [0.05, 0.1) is 71.5 Å². The fraction of sp³-hybridized carbons (Fsp3) is 0.308. The molecular formula is C52H52F4N14O6. The number of carbonyl (C=O) groups excluding carboxylic acids is 2. The average molecular weight is 1050 g/mol. The van der Waals surface area contributed by atoms with Crippen molar-refractivity contribution in [1.29, 1.82) is 0 Å². The van der Waals surface area contributed by atoms with Crippen LogP contribution in [0, 0.1) is 25.5 Å². The fourth-order valence-corrected chi connectivity index (χ4v) is 7.83. The number of anilines is 2. The topological polar surface area (TPSA) is 256 Å². The molecule has 20 nitrogen and oxygen atoms in total. The number of halogens is 4. The number of imidazole rings is 2. The number of aromatic nitrogens is 12. The number of carboxylic acids is 2. The first-order chi connectivity index (χ1) is 36.5. The van der Waals surface area contributed by atoms with Gasteiger partial charge in [-0.1, -0.05) is 12.1 Å². The summed E-state index contributed by atoms with van der Waals surface area (Å²) in [5.41, 5.74) is 5.36. The van der Waals surface area contributed by atoms with Crippen molar-refractivity contribution in [2.24, 2.45) is 0 Å². The quantitative estimate of drug-likeness (QED) is 0.0620. The van der Waals surface area contributed by atoms with Gasteiger partial charge < -0.3 is 39.1 Å². The molecule has 6 heterocycles. The Hall–Kier alpha value is -8.96. The minimum Gasteiger partial charge on any atom is -0.481 e. The van der Waals surface area contributed by atoms with Gasteiger partial charge in [-0.15, -0.1) is 20.4 Å². The van der Waals surface area contributed by atoms with Crippen LogP contribution in [0.1, 0.15) is 120 Å². The molecule has 6 aromatic heterocycles. The van der Waals surface area contributed by atoms with Crippen LogP contribution in [-0.4, -0.2) is 106 Å². The standard InChI is InChI=1S/2C24H23F2N7O.C4H6O4/c2*1-14-8-18(26)17(9-21(14)32-11-20(27-12-32)16-6-7-16)24(34)30-22-5-3-4-19(29-22)23-31-28-13-33(23)15(2)10-25;5-3(6)1-2-4(7)8/h2*3-5,8-9,11-13,15-16H,6-7,10H2,1-2H3,(H,29,30,34);1-2H2,(H,5,6)(H,7,8)/t2*15-;/m00./s1. The van der Waals surface area contributed by atoms with E-state index in [1.54, 1.807) is 85.9 Å². The van der Waals surface area contributed by atoms with Crippen molar-refractivity contribution < 1.29 is 47.0 Å². The first-order valence-corrected chi connectivity index (χ1v) is 24.1. The number of aliphatic carboxylic acids is 2. The number of alkyl halides is 2. The summed E-state index contributed by atoms with van der Waals surface area (Å²) in [4.78, 5) is 62.9. The third kappa shape index (κ3) is 12.9. The summed E-state index contributed by atoms with van der Waals surface area (Å²) in [5, 5.41) is 36.8. The molecule has 0 aliphatic heterocycles. The summed E-state index contributed by atoms with van der Waals surface area (Å²) in [6.07, 6.45) is 14.0. The number of rotatable bonds is 17. The Bertz CT molecular complexity index is 3180. The van der Waals surface area contributed by atoms with Crippen molar-refractivity contribution in [1.82, 2.24) is 58.6 Å². The first kappa shape index (κ1) is 53.3. The molecule has 4 N–H and O–H groups in total. The Morgan fingerprint density at radius 2 is 1.01 bits per heavy atom. The molecule has 394 valence electrons. The Labute approximate surface area is 431 Å². The monoisotopic (exact) mass is 1040 g/mol. The molecule has 10 rings (SSSR count). The Morgan fingerprint density at radius 3 is 1.37 bits per heavy atom. The number of carboxylic acid groups (broad SMARTS) is 2. The van der Waals surface area contributed by atoms with Gasteiger partial charge in [-0.05, 0) is 113 Å². The Kier molecular flexibility index (Phi) is 16.5. The minimum absolute atomic E-state index is 0.108. The van der Waals surface area contributed by atoms with Crippen molar-refractivity contribution in [3.05, 3.63) is 144 Å². The normalized spacial score (nSPS) is 13.6. The maximum atomic E-state index is 14.8. The van der Waals surface area contributed by atoms with Crippen LogP contribution in [0.2, 0.25) is 0 Å². The Balaban J connectivity index is 0.000000176. The number of nitrogens with zero attached hydrogens (tertiary/aromatic N) is 12. The van der Waals surface area contributed by atoms with E-state index in [0.29, 0.717) is 57.4 Å². The van der Waals surface area contributed by atoms with Gasteiger partial charge in [0.25, 0.3) is 11.8 Å². The van der Waals surface area contributed by atoms with Crippen LogP contribution >= 0.6 is 0 Å². The molecule has 0 spiro atoms. The SMILES string of the molecule is Cc1cc(F)c(C(=O)Nc2cccc(-c3nncn3[C@@H](C)CF)n2)cc1-n1cnc(C2CC2)c1.Cc1cc(F)c(C(=O)Nc2cccc(-c3nncn3[C@@H](C)CF)n2)cc1-n1cnc(C2CC2)c1.O=C(O)CCC(=O)O. The summed E-state index contributed by atoms with van der Waals surface area (Å²) < 4.78 is 62.6. The van der Waals surface area contributed by atoms with Crippen molar-refractivity contribution in [3.8, 4) is 34.4 Å². The zero-order chi connectivity index (χ0) is 54.2. The molecule has 2 aromatic carbocycles. The molecule has 2 aliphatic carbocycles. The lowest BCUT2D eigenvalue weighted by molar-refractivity contribution is -0.143. The van der Waals surface area contributed by atoms with E-state index in [1.807, 2.05) is 21.5 Å². The van der Waals surface area contributed by atoms with Gasteiger partial charge in [-0.25, -0.2) is 37.5 Å². The average Bonchev–Trinajstić information content (AvgIpc) is 4.14. The van der Waals surface area contributed by atoms with Crippen LogP contribution in [0.4, 0.5) is 29.2 Å². The van der Waals surface area contributed by atoms with E-state index in [1.165, 1.54) is 36.9 Å². The lowest BCUT2D eigenvalue weighted by Gasteiger charge is -2.13. The molecule has 2 atom stereocenters. The van der Waals surface area contributed by atoms with Gasteiger partial charge in [0, 0.05) is 24.2 Å². The second-order valence-corrected chi connectivity index (χ2v) is 18.3. The van der Waals surface area contributed by atoms with E-state index in [2.05, 4.69) is 51.0 Å². The molecule has 2 aliphatic rings. The van der Waals surface area contributed by atoms with Crippen LogP contribution in [0.25, 0.3) is 34.4 Å². The van der Waals surface area contributed by atoms with E-state index in [-0.39, 0.29) is 35.6 Å². The molecule has 0 saturated heterocycles. The van der Waals surface area contributed by atoms with Crippen LogP contribution in [0.15, 0.2) is 98.4 Å². The Morgan fingerprint density at radius 1 is 0.618 bits per heavy atom. The molecule has 2 amide bonds.